The van der Waals surface area contributed by atoms with E-state index in [2.05, 4.69) is 10.6 Å². The molecule has 0 radical (unpaired) electrons. The summed E-state index contributed by atoms with van der Waals surface area (Å²) in [4.78, 5) is 23.0. The molecule has 7 heteroatoms. The molecule has 0 spiro atoms. The van der Waals surface area contributed by atoms with E-state index in [0.29, 0.717) is 0 Å². The highest BCUT2D eigenvalue weighted by Crippen LogP contribution is 2.32. The van der Waals surface area contributed by atoms with Crippen molar-refractivity contribution in [1.82, 2.24) is 5.32 Å². The molecule has 1 amide bonds. The number of carboxylic acids is 1. The van der Waals surface area contributed by atoms with Gasteiger partial charge in [0.15, 0.2) is 0 Å². The molecular formula is C13H14Cl2N2O3. The summed E-state index contributed by atoms with van der Waals surface area (Å²) in [6, 6.07) is 2.26. The van der Waals surface area contributed by atoms with Crippen molar-refractivity contribution in [3.63, 3.8) is 0 Å². The van der Waals surface area contributed by atoms with Crippen LogP contribution in [0.5, 0.6) is 0 Å². The lowest BCUT2D eigenvalue weighted by Crippen LogP contribution is -2.43. The summed E-state index contributed by atoms with van der Waals surface area (Å²) in [7, 11) is 0. The van der Waals surface area contributed by atoms with E-state index in [1.807, 2.05) is 0 Å². The third kappa shape index (κ3) is 3.42. The third-order valence-corrected chi connectivity index (χ3v) is 3.76. The molecule has 1 heterocycles. The van der Waals surface area contributed by atoms with E-state index >= 15 is 0 Å². The molecule has 0 bridgehead atoms. The Morgan fingerprint density at radius 1 is 1.25 bits per heavy atom. The molecule has 2 rings (SSSR count). The maximum absolute atomic E-state index is 12.1. The van der Waals surface area contributed by atoms with Crippen LogP contribution in [0.15, 0.2) is 12.1 Å². The number of aromatic carboxylic acids is 1. The van der Waals surface area contributed by atoms with Crippen LogP contribution in [-0.2, 0) is 4.79 Å². The number of hydrogen-bond acceptors (Lipinski definition) is 3. The molecule has 5 nitrogen and oxygen atoms in total. The topological polar surface area (TPSA) is 78.4 Å². The van der Waals surface area contributed by atoms with Crippen LogP contribution in [0.1, 0.15) is 29.6 Å². The fraction of sp³-hybridized carbons (Fsp3) is 0.385. The number of benzene rings is 1. The van der Waals surface area contributed by atoms with Crippen LogP contribution < -0.4 is 10.6 Å². The average molecular weight is 317 g/mol. The molecule has 1 aromatic rings. The predicted octanol–water partition coefficient (Wildman–Crippen LogP) is 2.77. The van der Waals surface area contributed by atoms with E-state index < -0.39 is 5.97 Å². The molecule has 108 valence electrons. The lowest BCUT2D eigenvalue weighted by Gasteiger charge is -2.23. The second kappa shape index (κ2) is 6.43. The van der Waals surface area contributed by atoms with Crippen LogP contribution in [0, 0.1) is 0 Å². The Hall–Kier alpha value is -1.30. The van der Waals surface area contributed by atoms with Crippen molar-refractivity contribution in [2.75, 3.05) is 11.9 Å². The third-order valence-electron chi connectivity index (χ3n) is 3.16. The van der Waals surface area contributed by atoms with Gasteiger partial charge in [-0.2, -0.15) is 0 Å². The Kier molecular flexibility index (Phi) is 4.86. The number of anilines is 1. The van der Waals surface area contributed by atoms with Gasteiger partial charge in [0.05, 0.1) is 27.3 Å². The first-order valence-electron chi connectivity index (χ1n) is 6.25. The molecule has 3 N–H and O–H groups in total. The van der Waals surface area contributed by atoms with Gasteiger partial charge in [-0.3, -0.25) is 4.79 Å². The van der Waals surface area contributed by atoms with Gasteiger partial charge in [0, 0.05) is 0 Å². The van der Waals surface area contributed by atoms with Gasteiger partial charge in [-0.1, -0.05) is 29.6 Å². The number of piperidine rings is 1. The van der Waals surface area contributed by atoms with Crippen molar-refractivity contribution >= 4 is 40.8 Å². The summed E-state index contributed by atoms with van der Waals surface area (Å²) in [5.74, 6) is -1.34. The van der Waals surface area contributed by atoms with Crippen molar-refractivity contribution in [1.29, 1.82) is 0 Å². The number of halogens is 2. The molecule has 1 aliphatic heterocycles. The maximum Gasteiger partial charge on any atom is 0.335 e. The summed E-state index contributed by atoms with van der Waals surface area (Å²) in [5.41, 5.74) is 0.226. The Labute approximate surface area is 126 Å². The Morgan fingerprint density at radius 3 is 2.40 bits per heavy atom. The molecule has 1 aliphatic rings. The molecule has 0 saturated carbocycles. The zero-order valence-electron chi connectivity index (χ0n) is 10.6. The van der Waals surface area contributed by atoms with E-state index in [9.17, 15) is 9.59 Å². The molecule has 1 aromatic carbocycles. The molecule has 20 heavy (non-hydrogen) atoms. The van der Waals surface area contributed by atoms with Crippen LogP contribution in [0.4, 0.5) is 5.69 Å². The number of carboxylic acid groups (broad SMARTS) is 1. The highest BCUT2D eigenvalue weighted by atomic mass is 35.5. The fourth-order valence-electron chi connectivity index (χ4n) is 2.10. The fourth-order valence-corrected chi connectivity index (χ4v) is 2.68. The van der Waals surface area contributed by atoms with E-state index in [-0.39, 0.29) is 33.2 Å². The zero-order valence-corrected chi connectivity index (χ0v) is 12.1. The monoisotopic (exact) mass is 316 g/mol. The number of nitrogens with one attached hydrogen (secondary N) is 2. The van der Waals surface area contributed by atoms with Crippen LogP contribution >= 0.6 is 23.2 Å². The first-order valence-corrected chi connectivity index (χ1v) is 7.01. The highest BCUT2D eigenvalue weighted by Gasteiger charge is 2.22. The Balaban J connectivity index is 2.16. The standard InChI is InChI=1S/C13H14Cl2N2O3/c14-8-5-7(13(19)20)6-9(15)11(8)17-12(18)10-3-1-2-4-16-10/h5-6,10,16H,1-4H2,(H,17,18)(H,19,20)/t10-/m0/s1. The molecular weight excluding hydrogens is 303 g/mol. The van der Waals surface area contributed by atoms with Gasteiger partial charge in [-0.25, -0.2) is 4.79 Å². The predicted molar refractivity (Wildman–Crippen MR) is 77.7 cm³/mol. The normalized spacial score (nSPS) is 18.6. The quantitative estimate of drug-likeness (QED) is 0.801. The molecule has 0 aromatic heterocycles. The van der Waals surface area contributed by atoms with E-state index in [4.69, 9.17) is 28.3 Å². The lowest BCUT2D eigenvalue weighted by molar-refractivity contribution is -0.118. The summed E-state index contributed by atoms with van der Waals surface area (Å²) >= 11 is 12.0. The number of amides is 1. The van der Waals surface area contributed by atoms with Gasteiger partial charge in [0.25, 0.3) is 0 Å². The zero-order chi connectivity index (χ0) is 14.7. The van der Waals surface area contributed by atoms with Crippen LogP contribution in [0.2, 0.25) is 10.0 Å². The summed E-state index contributed by atoms with van der Waals surface area (Å²) in [5, 5.41) is 14.9. The van der Waals surface area contributed by atoms with Gasteiger partial charge < -0.3 is 15.7 Å². The van der Waals surface area contributed by atoms with Crippen molar-refractivity contribution < 1.29 is 14.7 Å². The largest absolute Gasteiger partial charge is 0.478 e. The summed E-state index contributed by atoms with van der Waals surface area (Å²) in [6.07, 6.45) is 2.80. The Morgan fingerprint density at radius 2 is 1.90 bits per heavy atom. The van der Waals surface area contributed by atoms with E-state index in [1.54, 1.807) is 0 Å². The molecule has 0 unspecified atom stereocenters. The second-order valence-corrected chi connectivity index (χ2v) is 5.43. The van der Waals surface area contributed by atoms with Crippen molar-refractivity contribution in [2.24, 2.45) is 0 Å². The van der Waals surface area contributed by atoms with Crippen LogP contribution in [-0.4, -0.2) is 29.6 Å². The number of carbonyl (C=O) groups excluding carboxylic acids is 1. The minimum absolute atomic E-state index is 0.0196. The smallest absolute Gasteiger partial charge is 0.335 e. The van der Waals surface area contributed by atoms with E-state index in [1.165, 1.54) is 12.1 Å². The van der Waals surface area contributed by atoms with E-state index in [0.717, 1.165) is 25.8 Å². The molecule has 1 saturated heterocycles. The number of carbonyl (C=O) groups is 2. The van der Waals surface area contributed by atoms with Crippen molar-refractivity contribution in [3.8, 4) is 0 Å². The molecule has 1 atom stereocenters. The van der Waals surface area contributed by atoms with Gasteiger partial charge in [0.2, 0.25) is 5.91 Å². The molecule has 1 fully saturated rings. The Bertz CT molecular complexity index is 519. The maximum atomic E-state index is 12.1. The second-order valence-electron chi connectivity index (χ2n) is 4.61. The van der Waals surface area contributed by atoms with Gasteiger partial charge >= 0.3 is 5.97 Å². The van der Waals surface area contributed by atoms with Gasteiger partial charge in [-0.05, 0) is 31.5 Å². The highest BCUT2D eigenvalue weighted by molar-refractivity contribution is 6.40. The summed E-state index contributed by atoms with van der Waals surface area (Å²) < 4.78 is 0. The van der Waals surface area contributed by atoms with Crippen molar-refractivity contribution in [3.05, 3.63) is 27.7 Å². The van der Waals surface area contributed by atoms with Crippen LogP contribution in [0.3, 0.4) is 0 Å². The van der Waals surface area contributed by atoms with Crippen molar-refractivity contribution in [2.45, 2.75) is 25.3 Å². The minimum Gasteiger partial charge on any atom is -0.478 e. The first-order chi connectivity index (χ1) is 9.49. The number of hydrogen-bond donors (Lipinski definition) is 3. The average Bonchev–Trinajstić information content (AvgIpc) is 2.43. The van der Waals surface area contributed by atoms with Crippen LogP contribution in [0.25, 0.3) is 0 Å². The first kappa shape index (κ1) is 15.1. The molecule has 0 aliphatic carbocycles. The van der Waals surface area contributed by atoms with Gasteiger partial charge in [-0.15, -0.1) is 0 Å². The lowest BCUT2D eigenvalue weighted by atomic mass is 10.0. The number of rotatable bonds is 3. The van der Waals surface area contributed by atoms with Gasteiger partial charge in [0.1, 0.15) is 0 Å². The SMILES string of the molecule is O=C(O)c1cc(Cl)c(NC(=O)[C@@H]2CCCCN2)c(Cl)c1. The minimum atomic E-state index is -1.12. The summed E-state index contributed by atoms with van der Waals surface area (Å²) in [6.45, 7) is 0.803.